The van der Waals surface area contributed by atoms with Crippen LogP contribution in [0.4, 0.5) is 4.39 Å². The minimum Gasteiger partial charge on any atom is -0.366 e. The first kappa shape index (κ1) is 14.1. The van der Waals surface area contributed by atoms with Gasteiger partial charge in [-0.3, -0.25) is 4.79 Å². The van der Waals surface area contributed by atoms with Gasteiger partial charge in [0.15, 0.2) is 0 Å². The number of carbonyl (C=O) groups excluding carboxylic acids is 1. The fourth-order valence-corrected chi connectivity index (χ4v) is 2.12. The van der Waals surface area contributed by atoms with Crippen molar-refractivity contribution in [1.82, 2.24) is 15.2 Å². The molecule has 1 aromatic rings. The van der Waals surface area contributed by atoms with Crippen molar-refractivity contribution in [3.8, 4) is 0 Å². The molecule has 0 aliphatic carbocycles. The topological polar surface area (TPSA) is 45.2 Å². The molecule has 1 aliphatic rings. The zero-order valence-electron chi connectivity index (χ0n) is 10.00. The Morgan fingerprint density at radius 2 is 2.26 bits per heavy atom. The number of hydrogen-bond acceptors (Lipinski definition) is 3. The van der Waals surface area contributed by atoms with Crippen LogP contribution < -0.4 is 5.32 Å². The average molecular weight is 304 g/mol. The fourth-order valence-electron chi connectivity index (χ4n) is 1.83. The van der Waals surface area contributed by atoms with Crippen molar-refractivity contribution in [2.75, 3.05) is 19.8 Å². The van der Waals surface area contributed by atoms with Gasteiger partial charge in [0.2, 0.25) is 5.91 Å². The first-order valence-corrected chi connectivity index (χ1v) is 6.45. The molecular formula is C12H12Cl2FN3O. The third-order valence-corrected chi connectivity index (χ3v) is 3.41. The number of rotatable bonds is 5. The van der Waals surface area contributed by atoms with Crippen molar-refractivity contribution >= 4 is 29.1 Å². The summed E-state index contributed by atoms with van der Waals surface area (Å²) in [6.45, 7) is 0.545. The highest BCUT2D eigenvalue weighted by Crippen LogP contribution is 2.21. The van der Waals surface area contributed by atoms with Crippen LogP contribution >= 0.6 is 23.2 Å². The van der Waals surface area contributed by atoms with Crippen molar-refractivity contribution in [3.05, 3.63) is 39.8 Å². The van der Waals surface area contributed by atoms with E-state index in [1.54, 1.807) is 17.2 Å². The molecule has 2 heterocycles. The number of carbonyl (C=O) groups is 1. The number of amides is 1. The van der Waals surface area contributed by atoms with E-state index in [0.29, 0.717) is 18.1 Å². The first-order chi connectivity index (χ1) is 9.10. The number of nitrogens with zero attached hydrogens (tertiary/aromatic N) is 2. The lowest BCUT2D eigenvalue weighted by atomic mass is 10.2. The van der Waals surface area contributed by atoms with Crippen molar-refractivity contribution in [2.45, 2.75) is 6.54 Å². The van der Waals surface area contributed by atoms with Crippen molar-refractivity contribution in [3.63, 3.8) is 0 Å². The van der Waals surface area contributed by atoms with Crippen LogP contribution in [-0.2, 0) is 11.3 Å². The van der Waals surface area contributed by atoms with E-state index in [4.69, 9.17) is 23.2 Å². The molecule has 0 fully saturated rings. The van der Waals surface area contributed by atoms with Gasteiger partial charge in [-0.1, -0.05) is 23.2 Å². The lowest BCUT2D eigenvalue weighted by Gasteiger charge is -2.24. The van der Waals surface area contributed by atoms with Gasteiger partial charge in [0.1, 0.15) is 11.8 Å². The van der Waals surface area contributed by atoms with Gasteiger partial charge in [-0.25, -0.2) is 9.37 Å². The van der Waals surface area contributed by atoms with Crippen LogP contribution in [0.1, 0.15) is 5.56 Å². The molecule has 1 aromatic heterocycles. The van der Waals surface area contributed by atoms with E-state index in [-0.39, 0.29) is 17.6 Å². The SMILES string of the molecule is O=C1C=C(N(CCF)Cc2cnc(Cl)c(Cl)c2)CN1. The second-order valence-corrected chi connectivity index (χ2v) is 4.85. The highest BCUT2D eigenvalue weighted by molar-refractivity contribution is 6.41. The molecular weight excluding hydrogens is 292 g/mol. The van der Waals surface area contributed by atoms with E-state index in [1.165, 1.54) is 6.08 Å². The molecule has 1 N–H and O–H groups in total. The monoisotopic (exact) mass is 303 g/mol. The largest absolute Gasteiger partial charge is 0.366 e. The lowest BCUT2D eigenvalue weighted by Crippen LogP contribution is -2.28. The summed E-state index contributed by atoms with van der Waals surface area (Å²) in [6.07, 6.45) is 3.06. The third kappa shape index (κ3) is 3.58. The highest BCUT2D eigenvalue weighted by Gasteiger charge is 2.17. The third-order valence-electron chi connectivity index (χ3n) is 2.73. The summed E-state index contributed by atoms with van der Waals surface area (Å²) in [4.78, 5) is 16.9. The smallest absolute Gasteiger partial charge is 0.246 e. The molecule has 0 unspecified atom stereocenters. The van der Waals surface area contributed by atoms with Gasteiger partial charge in [0, 0.05) is 31.1 Å². The normalized spacial score (nSPS) is 14.3. The molecule has 102 valence electrons. The molecule has 4 nitrogen and oxygen atoms in total. The molecule has 0 saturated carbocycles. The second kappa shape index (κ2) is 6.21. The van der Waals surface area contributed by atoms with Crippen LogP contribution in [0.15, 0.2) is 24.0 Å². The Balaban J connectivity index is 2.14. The summed E-state index contributed by atoms with van der Waals surface area (Å²) in [6, 6.07) is 1.69. The molecule has 2 rings (SSSR count). The molecule has 0 saturated heterocycles. The Bertz CT molecular complexity index is 522. The minimum atomic E-state index is -0.500. The summed E-state index contributed by atoms with van der Waals surface area (Å²) < 4.78 is 12.6. The van der Waals surface area contributed by atoms with Crippen LogP contribution in [0, 0.1) is 0 Å². The summed E-state index contributed by atoms with van der Waals surface area (Å²) in [5.41, 5.74) is 1.57. The Morgan fingerprint density at radius 3 is 2.84 bits per heavy atom. The van der Waals surface area contributed by atoms with Crippen molar-refractivity contribution < 1.29 is 9.18 Å². The Hall–Kier alpha value is -1.33. The molecule has 0 spiro atoms. The van der Waals surface area contributed by atoms with E-state index < -0.39 is 6.67 Å². The van der Waals surface area contributed by atoms with E-state index in [2.05, 4.69) is 10.3 Å². The number of pyridine rings is 1. The van der Waals surface area contributed by atoms with Crippen LogP contribution in [0.3, 0.4) is 0 Å². The molecule has 1 amide bonds. The Morgan fingerprint density at radius 1 is 1.47 bits per heavy atom. The molecule has 0 radical (unpaired) electrons. The maximum Gasteiger partial charge on any atom is 0.246 e. The summed E-state index contributed by atoms with van der Waals surface area (Å²) in [5, 5.41) is 3.25. The molecule has 19 heavy (non-hydrogen) atoms. The van der Waals surface area contributed by atoms with Gasteiger partial charge in [-0.2, -0.15) is 0 Å². The highest BCUT2D eigenvalue weighted by atomic mass is 35.5. The number of hydrogen-bond donors (Lipinski definition) is 1. The van der Waals surface area contributed by atoms with Crippen LogP contribution in [-0.4, -0.2) is 35.6 Å². The van der Waals surface area contributed by atoms with E-state index in [1.807, 2.05) is 0 Å². The number of halogens is 3. The predicted octanol–water partition coefficient (Wildman–Crippen LogP) is 2.17. The summed E-state index contributed by atoms with van der Waals surface area (Å²) >= 11 is 11.6. The summed E-state index contributed by atoms with van der Waals surface area (Å²) in [5.74, 6) is -0.161. The Labute approximate surface area is 120 Å². The van der Waals surface area contributed by atoms with Crippen LogP contribution in [0.25, 0.3) is 0 Å². The standard InChI is InChI=1S/C12H12Cl2FN3O/c13-10-3-8(5-17-12(10)14)7-18(2-1-15)9-4-11(19)16-6-9/h3-5H,1-2,6-7H2,(H,16,19). The quantitative estimate of drug-likeness (QED) is 0.848. The van der Waals surface area contributed by atoms with Gasteiger partial charge in [0.25, 0.3) is 0 Å². The Kier molecular flexibility index (Phi) is 4.61. The maximum absolute atomic E-state index is 12.6. The van der Waals surface area contributed by atoms with Gasteiger partial charge >= 0.3 is 0 Å². The van der Waals surface area contributed by atoms with E-state index >= 15 is 0 Å². The van der Waals surface area contributed by atoms with Gasteiger partial charge < -0.3 is 10.2 Å². The van der Waals surface area contributed by atoms with Gasteiger partial charge in [-0.15, -0.1) is 0 Å². The zero-order chi connectivity index (χ0) is 13.8. The number of nitrogens with one attached hydrogen (secondary N) is 1. The maximum atomic E-state index is 12.6. The first-order valence-electron chi connectivity index (χ1n) is 5.69. The lowest BCUT2D eigenvalue weighted by molar-refractivity contribution is -0.115. The minimum absolute atomic E-state index is 0.161. The molecule has 0 atom stereocenters. The van der Waals surface area contributed by atoms with Crippen molar-refractivity contribution in [2.24, 2.45) is 0 Å². The summed E-state index contributed by atoms with van der Waals surface area (Å²) in [7, 11) is 0. The van der Waals surface area contributed by atoms with Crippen LogP contribution in [0.2, 0.25) is 10.2 Å². The van der Waals surface area contributed by atoms with Crippen molar-refractivity contribution in [1.29, 1.82) is 0 Å². The molecule has 0 bridgehead atoms. The second-order valence-electron chi connectivity index (χ2n) is 4.08. The van der Waals surface area contributed by atoms with Gasteiger partial charge in [-0.05, 0) is 11.6 Å². The zero-order valence-corrected chi connectivity index (χ0v) is 11.5. The van der Waals surface area contributed by atoms with Crippen LogP contribution in [0.5, 0.6) is 0 Å². The number of aromatic nitrogens is 1. The molecule has 7 heteroatoms. The predicted molar refractivity (Wildman–Crippen MR) is 71.7 cm³/mol. The molecule has 1 aliphatic heterocycles. The number of alkyl halides is 1. The van der Waals surface area contributed by atoms with Gasteiger partial charge in [0.05, 0.1) is 11.6 Å². The average Bonchev–Trinajstić information content (AvgIpc) is 2.80. The van der Waals surface area contributed by atoms with E-state index in [9.17, 15) is 9.18 Å². The van der Waals surface area contributed by atoms with E-state index in [0.717, 1.165) is 11.3 Å². The molecule has 0 aromatic carbocycles. The fraction of sp³-hybridized carbons (Fsp3) is 0.333.